The predicted octanol–water partition coefficient (Wildman–Crippen LogP) is 1.96. The highest BCUT2D eigenvalue weighted by Crippen LogP contribution is 2.27. The summed E-state index contributed by atoms with van der Waals surface area (Å²) in [6, 6.07) is 2.26. The largest absolute Gasteiger partial charge is 0.453 e. The maximum absolute atomic E-state index is 12.9. The fourth-order valence-corrected chi connectivity index (χ4v) is 2.71. The first-order valence-corrected chi connectivity index (χ1v) is 7.71. The van der Waals surface area contributed by atoms with Gasteiger partial charge in [-0.1, -0.05) is 0 Å². The molecule has 10 heteroatoms. The van der Waals surface area contributed by atoms with Crippen LogP contribution in [0.1, 0.15) is 32.0 Å². The minimum atomic E-state index is -4.65. The van der Waals surface area contributed by atoms with Crippen molar-refractivity contribution in [3.8, 4) is 0 Å². The highest BCUT2D eigenvalue weighted by molar-refractivity contribution is 5.84. The number of likely N-dealkylation sites (tertiary alicyclic amines) is 1. The molecule has 3 rings (SSSR count). The highest BCUT2D eigenvalue weighted by atomic mass is 19.4. The number of fused-ring (bicyclic) bond motifs is 1. The van der Waals surface area contributed by atoms with Gasteiger partial charge in [-0.25, -0.2) is 0 Å². The van der Waals surface area contributed by atoms with E-state index in [0.29, 0.717) is 17.6 Å². The average Bonchev–Trinajstić information content (AvgIpc) is 2.98. The van der Waals surface area contributed by atoms with Crippen molar-refractivity contribution in [3.05, 3.63) is 18.0 Å². The maximum atomic E-state index is 12.9. The van der Waals surface area contributed by atoms with E-state index < -0.39 is 18.0 Å². The first kappa shape index (κ1) is 16.5. The Hall–Kier alpha value is -2.39. The zero-order chi connectivity index (χ0) is 17.3. The molecule has 0 radical (unpaired) electrons. The number of rotatable bonds is 3. The van der Waals surface area contributed by atoms with Gasteiger partial charge in [-0.2, -0.15) is 17.7 Å². The van der Waals surface area contributed by atoms with E-state index in [1.54, 1.807) is 11.8 Å². The molecule has 0 bridgehead atoms. The van der Waals surface area contributed by atoms with Crippen LogP contribution in [0.3, 0.4) is 0 Å². The molecule has 1 amide bonds. The second-order valence-electron chi connectivity index (χ2n) is 5.76. The van der Waals surface area contributed by atoms with Gasteiger partial charge >= 0.3 is 6.18 Å². The molecule has 1 aliphatic heterocycles. The number of carbonyl (C=O) groups is 1. The molecule has 1 unspecified atom stereocenters. The summed E-state index contributed by atoms with van der Waals surface area (Å²) >= 11 is 0. The second-order valence-corrected chi connectivity index (χ2v) is 5.76. The van der Waals surface area contributed by atoms with E-state index in [2.05, 4.69) is 20.6 Å². The van der Waals surface area contributed by atoms with Gasteiger partial charge in [0.25, 0.3) is 5.82 Å². The van der Waals surface area contributed by atoms with Crippen molar-refractivity contribution in [3.63, 3.8) is 0 Å². The van der Waals surface area contributed by atoms with Crippen molar-refractivity contribution < 1.29 is 18.0 Å². The second kappa shape index (κ2) is 6.25. The summed E-state index contributed by atoms with van der Waals surface area (Å²) in [6.07, 6.45) is -1.60. The summed E-state index contributed by atoms with van der Waals surface area (Å²) in [5, 5.41) is 13.3. The molecule has 1 saturated heterocycles. The quantitative estimate of drug-likeness (QED) is 0.923. The number of anilines is 1. The number of hydrogen-bond acceptors (Lipinski definition) is 5. The third-order valence-corrected chi connectivity index (χ3v) is 3.92. The van der Waals surface area contributed by atoms with Gasteiger partial charge in [0.05, 0.1) is 0 Å². The van der Waals surface area contributed by atoms with Crippen LogP contribution in [0.15, 0.2) is 12.1 Å². The van der Waals surface area contributed by atoms with Crippen LogP contribution in [-0.2, 0) is 11.0 Å². The highest BCUT2D eigenvalue weighted by Gasteiger charge is 2.37. The van der Waals surface area contributed by atoms with Crippen molar-refractivity contribution in [2.45, 2.75) is 38.4 Å². The van der Waals surface area contributed by atoms with Crippen LogP contribution in [0.25, 0.3) is 5.65 Å². The van der Waals surface area contributed by atoms with E-state index in [1.807, 2.05) is 0 Å². The monoisotopic (exact) mass is 342 g/mol. The Labute approximate surface area is 135 Å². The molecule has 7 nitrogen and oxygen atoms in total. The van der Waals surface area contributed by atoms with Gasteiger partial charge in [-0.05, 0) is 38.3 Å². The molecule has 2 aromatic rings. The van der Waals surface area contributed by atoms with Gasteiger partial charge in [0.1, 0.15) is 11.9 Å². The van der Waals surface area contributed by atoms with Crippen LogP contribution in [0, 0.1) is 0 Å². The molecule has 1 aliphatic rings. The number of amides is 1. The Morgan fingerprint density at radius 2 is 1.92 bits per heavy atom. The topological polar surface area (TPSA) is 75.4 Å². The van der Waals surface area contributed by atoms with Gasteiger partial charge < -0.3 is 10.2 Å². The summed E-state index contributed by atoms with van der Waals surface area (Å²) in [4.78, 5) is 14.1. The normalized spacial score (nSPS) is 17.1. The lowest BCUT2D eigenvalue weighted by Crippen LogP contribution is -2.44. The predicted molar refractivity (Wildman–Crippen MR) is 79.3 cm³/mol. The van der Waals surface area contributed by atoms with Crippen LogP contribution in [-0.4, -0.2) is 49.7 Å². The number of alkyl halides is 3. The smallest absolute Gasteiger partial charge is 0.357 e. The van der Waals surface area contributed by atoms with E-state index >= 15 is 0 Å². The van der Waals surface area contributed by atoms with Crippen LogP contribution >= 0.6 is 0 Å². The summed E-state index contributed by atoms with van der Waals surface area (Å²) in [5.41, 5.74) is -0.0112. The Morgan fingerprint density at radius 1 is 1.21 bits per heavy atom. The molecular formula is C14H17F3N6O. The van der Waals surface area contributed by atoms with Crippen molar-refractivity contribution in [2.24, 2.45) is 0 Å². The Balaban J connectivity index is 1.78. The average molecular weight is 342 g/mol. The standard InChI is InChI=1S/C14H17F3N6O/c1-9(12(24)22-7-3-2-4-8-22)18-10-5-6-11-19-20-13(14(15,16)17)23(11)21-10/h5-6,9H,2-4,7-8H2,1H3,(H,18,21). The zero-order valence-corrected chi connectivity index (χ0v) is 13.0. The molecule has 24 heavy (non-hydrogen) atoms. The number of aromatic nitrogens is 4. The van der Waals surface area contributed by atoms with Crippen molar-refractivity contribution in [1.29, 1.82) is 0 Å². The van der Waals surface area contributed by atoms with E-state index in [9.17, 15) is 18.0 Å². The lowest BCUT2D eigenvalue weighted by molar-refractivity contribution is -0.146. The van der Waals surface area contributed by atoms with Gasteiger partial charge in [0.15, 0.2) is 5.65 Å². The summed E-state index contributed by atoms with van der Waals surface area (Å²) in [7, 11) is 0. The number of nitrogens with one attached hydrogen (secondary N) is 1. The Kier molecular flexibility index (Phi) is 4.29. The molecule has 2 aromatic heterocycles. The van der Waals surface area contributed by atoms with Gasteiger partial charge in [0.2, 0.25) is 5.91 Å². The lowest BCUT2D eigenvalue weighted by Gasteiger charge is -2.29. The Morgan fingerprint density at radius 3 is 2.58 bits per heavy atom. The minimum absolute atomic E-state index is 0.0112. The molecule has 1 atom stereocenters. The van der Waals surface area contributed by atoms with E-state index in [1.165, 1.54) is 12.1 Å². The first-order valence-electron chi connectivity index (χ1n) is 7.71. The lowest BCUT2D eigenvalue weighted by atomic mass is 10.1. The number of carbonyl (C=O) groups excluding carboxylic acids is 1. The SMILES string of the molecule is CC(Nc1ccc2nnc(C(F)(F)F)n2n1)C(=O)N1CCCCC1. The summed E-state index contributed by atoms with van der Waals surface area (Å²) in [6.45, 7) is 3.08. The molecule has 1 fully saturated rings. The van der Waals surface area contributed by atoms with Crippen molar-refractivity contribution in [2.75, 3.05) is 18.4 Å². The van der Waals surface area contributed by atoms with Crippen LogP contribution < -0.4 is 5.32 Å². The minimum Gasteiger partial charge on any atom is -0.357 e. The molecule has 3 heterocycles. The summed E-state index contributed by atoms with van der Waals surface area (Å²) in [5.74, 6) is -1.13. The zero-order valence-electron chi connectivity index (χ0n) is 13.0. The number of halogens is 3. The first-order chi connectivity index (χ1) is 11.4. The third-order valence-electron chi connectivity index (χ3n) is 3.92. The number of piperidine rings is 1. The fraction of sp³-hybridized carbons (Fsp3) is 0.571. The van der Waals surface area contributed by atoms with Gasteiger partial charge in [0, 0.05) is 13.1 Å². The number of nitrogens with zero attached hydrogens (tertiary/aromatic N) is 5. The molecule has 0 saturated carbocycles. The van der Waals surface area contributed by atoms with E-state index in [4.69, 9.17) is 0 Å². The molecule has 130 valence electrons. The maximum Gasteiger partial charge on any atom is 0.453 e. The Bertz CT molecular complexity index is 738. The number of hydrogen-bond donors (Lipinski definition) is 1. The van der Waals surface area contributed by atoms with Crippen LogP contribution in [0.4, 0.5) is 19.0 Å². The molecule has 0 aromatic carbocycles. The van der Waals surface area contributed by atoms with E-state index in [-0.39, 0.29) is 17.4 Å². The molecule has 1 N–H and O–H groups in total. The molecule has 0 aliphatic carbocycles. The molecular weight excluding hydrogens is 325 g/mol. The van der Waals surface area contributed by atoms with Crippen LogP contribution in [0.5, 0.6) is 0 Å². The van der Waals surface area contributed by atoms with E-state index in [0.717, 1.165) is 19.3 Å². The molecule has 0 spiro atoms. The summed E-state index contributed by atoms with van der Waals surface area (Å²) < 4.78 is 39.2. The van der Waals surface area contributed by atoms with Crippen molar-refractivity contribution in [1.82, 2.24) is 24.7 Å². The van der Waals surface area contributed by atoms with Gasteiger partial charge in [-0.15, -0.1) is 15.3 Å². The third kappa shape index (κ3) is 3.26. The van der Waals surface area contributed by atoms with Crippen molar-refractivity contribution >= 4 is 17.4 Å². The van der Waals surface area contributed by atoms with Crippen LogP contribution in [0.2, 0.25) is 0 Å². The fourth-order valence-electron chi connectivity index (χ4n) is 2.71. The van der Waals surface area contributed by atoms with Gasteiger partial charge in [-0.3, -0.25) is 4.79 Å².